The van der Waals surface area contributed by atoms with Crippen LogP contribution in [0.15, 0.2) is 41.8 Å². The number of carbonyl (C=O) groups is 1. The fraction of sp³-hybridized carbons (Fsp3) is 0.524. The number of carbonyl (C=O) groups excluding carboxylic acids is 1. The zero-order valence-electron chi connectivity index (χ0n) is 17.4. The Labute approximate surface area is 177 Å². The van der Waals surface area contributed by atoms with Crippen molar-refractivity contribution in [2.24, 2.45) is 0 Å². The van der Waals surface area contributed by atoms with Gasteiger partial charge in [-0.05, 0) is 37.8 Å². The van der Waals surface area contributed by atoms with Crippen molar-refractivity contribution in [2.45, 2.75) is 56.5 Å². The Bertz CT molecular complexity index is 969. The molecule has 1 aliphatic rings. The Balaban J connectivity index is 1.79. The van der Waals surface area contributed by atoms with Crippen molar-refractivity contribution in [3.63, 3.8) is 0 Å². The highest BCUT2D eigenvalue weighted by Crippen LogP contribution is 2.30. The van der Waals surface area contributed by atoms with Gasteiger partial charge in [-0.3, -0.25) is 9.36 Å². The molecule has 0 N–H and O–H groups in total. The Morgan fingerprint density at radius 3 is 2.66 bits per heavy atom. The number of hydrogen-bond acceptors (Lipinski definition) is 5. The number of hydrogen-bond donors (Lipinski definition) is 0. The first-order chi connectivity index (χ1) is 13.7. The van der Waals surface area contributed by atoms with E-state index < -0.39 is 9.84 Å². The largest absolute Gasteiger partial charge is 0.338 e. The maximum absolute atomic E-state index is 13.1. The number of rotatable bonds is 7. The van der Waals surface area contributed by atoms with E-state index in [0.717, 1.165) is 10.8 Å². The second kappa shape index (κ2) is 8.92. The highest BCUT2D eigenvalue weighted by molar-refractivity contribution is 8.00. The van der Waals surface area contributed by atoms with Crippen LogP contribution in [-0.2, 0) is 14.6 Å². The van der Waals surface area contributed by atoms with Crippen molar-refractivity contribution in [2.75, 3.05) is 18.1 Å². The molecule has 1 fully saturated rings. The van der Waals surface area contributed by atoms with Crippen LogP contribution in [-0.4, -0.2) is 58.1 Å². The van der Waals surface area contributed by atoms with Gasteiger partial charge in [-0.25, -0.2) is 13.4 Å². The molecule has 0 spiro atoms. The average molecular weight is 436 g/mol. The van der Waals surface area contributed by atoms with Crippen molar-refractivity contribution < 1.29 is 13.2 Å². The van der Waals surface area contributed by atoms with Gasteiger partial charge in [0, 0.05) is 25.0 Å². The molecule has 0 radical (unpaired) electrons. The molecular weight excluding hydrogens is 406 g/mol. The fourth-order valence-electron chi connectivity index (χ4n) is 3.81. The molecule has 1 amide bonds. The second-order valence-corrected chi connectivity index (χ2v) is 11.3. The minimum atomic E-state index is -3.03. The Morgan fingerprint density at radius 1 is 1.31 bits per heavy atom. The highest BCUT2D eigenvalue weighted by Gasteiger charge is 2.35. The summed E-state index contributed by atoms with van der Waals surface area (Å²) in [5, 5.41) is 0.402. The number of imidazole rings is 1. The quantitative estimate of drug-likeness (QED) is 0.622. The molecule has 3 rings (SSSR count). The molecule has 29 heavy (non-hydrogen) atoms. The molecule has 0 aliphatic carbocycles. The topological polar surface area (TPSA) is 72.3 Å². The predicted molar refractivity (Wildman–Crippen MR) is 117 cm³/mol. The lowest BCUT2D eigenvalue weighted by Gasteiger charge is -2.29. The molecule has 0 bridgehead atoms. The smallest absolute Gasteiger partial charge is 0.236 e. The lowest BCUT2D eigenvalue weighted by molar-refractivity contribution is -0.131. The summed E-state index contributed by atoms with van der Waals surface area (Å²) < 4.78 is 25.7. The Morgan fingerprint density at radius 2 is 2.03 bits per heavy atom. The van der Waals surface area contributed by atoms with E-state index in [1.54, 1.807) is 11.1 Å². The van der Waals surface area contributed by atoms with Crippen LogP contribution >= 0.6 is 11.8 Å². The zero-order chi connectivity index (χ0) is 21.2. The van der Waals surface area contributed by atoms with E-state index in [4.69, 9.17) is 0 Å². The predicted octanol–water partition coefficient (Wildman–Crippen LogP) is 3.51. The summed E-state index contributed by atoms with van der Waals surface area (Å²) in [7, 11) is -3.03. The van der Waals surface area contributed by atoms with Gasteiger partial charge in [0.2, 0.25) is 5.91 Å². The van der Waals surface area contributed by atoms with Crippen LogP contribution in [0.2, 0.25) is 0 Å². The molecule has 1 saturated heterocycles. The van der Waals surface area contributed by atoms with Crippen LogP contribution in [0.3, 0.4) is 0 Å². The fourth-order valence-corrected chi connectivity index (χ4v) is 6.49. The number of nitrogens with zero attached hydrogens (tertiary/aromatic N) is 3. The van der Waals surface area contributed by atoms with E-state index in [0.29, 0.717) is 18.9 Å². The van der Waals surface area contributed by atoms with Gasteiger partial charge in [-0.2, -0.15) is 0 Å². The number of benzene rings is 1. The molecule has 2 atom stereocenters. The summed E-state index contributed by atoms with van der Waals surface area (Å²) in [6, 6.07) is 7.99. The summed E-state index contributed by atoms with van der Waals surface area (Å²) in [5.74, 6) is 0.566. The molecule has 8 heteroatoms. The third-order valence-corrected chi connectivity index (χ3v) is 8.15. The molecule has 0 saturated carbocycles. The summed E-state index contributed by atoms with van der Waals surface area (Å²) in [5.41, 5.74) is 2.29. The van der Waals surface area contributed by atoms with Crippen molar-refractivity contribution >= 4 is 27.5 Å². The monoisotopic (exact) mass is 435 g/mol. The molecule has 2 heterocycles. The van der Waals surface area contributed by atoms with Crippen molar-refractivity contribution in [3.05, 3.63) is 42.2 Å². The van der Waals surface area contributed by atoms with Gasteiger partial charge >= 0.3 is 0 Å². The summed E-state index contributed by atoms with van der Waals surface area (Å²) in [6.45, 7) is 8.59. The van der Waals surface area contributed by atoms with Gasteiger partial charge in [0.1, 0.15) is 0 Å². The third kappa shape index (κ3) is 4.86. The first-order valence-corrected chi connectivity index (χ1v) is 12.7. The minimum absolute atomic E-state index is 0.0358. The van der Waals surface area contributed by atoms with Crippen LogP contribution in [0.25, 0.3) is 5.69 Å². The standard InChI is InChI=1S/C21H29N3O3S2/c1-5-23(17-10-13-29(26,27)14-17)20(25)16(4)28-21-22-11-12-24(21)19-9-7-6-8-18(19)15(2)3/h6-9,11-12,15-17H,5,10,13-14H2,1-4H3. The van der Waals surface area contributed by atoms with Gasteiger partial charge in [0.15, 0.2) is 15.0 Å². The number of para-hydroxylation sites is 1. The third-order valence-electron chi connectivity index (χ3n) is 5.33. The minimum Gasteiger partial charge on any atom is -0.338 e. The zero-order valence-corrected chi connectivity index (χ0v) is 19.0. The average Bonchev–Trinajstić information content (AvgIpc) is 3.28. The number of thioether (sulfide) groups is 1. The maximum Gasteiger partial charge on any atom is 0.236 e. The summed E-state index contributed by atoms with van der Waals surface area (Å²) in [6.07, 6.45) is 4.19. The van der Waals surface area contributed by atoms with Gasteiger partial charge in [0.25, 0.3) is 0 Å². The summed E-state index contributed by atoms with van der Waals surface area (Å²) >= 11 is 1.41. The molecule has 1 aromatic carbocycles. The SMILES string of the molecule is CCN(C(=O)C(C)Sc1nccn1-c1ccccc1C(C)C)C1CCS(=O)(=O)C1. The van der Waals surface area contributed by atoms with Gasteiger partial charge in [-0.1, -0.05) is 43.8 Å². The molecular formula is C21H29N3O3S2. The van der Waals surface area contributed by atoms with Crippen LogP contribution < -0.4 is 0 Å². The molecule has 2 unspecified atom stereocenters. The molecule has 6 nitrogen and oxygen atoms in total. The molecule has 1 aliphatic heterocycles. The van der Waals surface area contributed by atoms with Crippen molar-refractivity contribution in [1.82, 2.24) is 14.5 Å². The second-order valence-electron chi connectivity index (χ2n) is 7.73. The summed E-state index contributed by atoms with van der Waals surface area (Å²) in [4.78, 5) is 19.3. The Hall–Kier alpha value is -1.80. The maximum atomic E-state index is 13.1. The van der Waals surface area contributed by atoms with Crippen molar-refractivity contribution in [1.29, 1.82) is 0 Å². The van der Waals surface area contributed by atoms with Gasteiger partial charge in [-0.15, -0.1) is 0 Å². The molecule has 2 aromatic rings. The van der Waals surface area contributed by atoms with Crippen LogP contribution in [0.5, 0.6) is 0 Å². The normalized spacial score (nSPS) is 19.4. The van der Waals surface area contributed by atoms with E-state index in [1.807, 2.05) is 36.7 Å². The van der Waals surface area contributed by atoms with E-state index >= 15 is 0 Å². The van der Waals surface area contributed by atoms with E-state index in [2.05, 4.69) is 31.0 Å². The highest BCUT2D eigenvalue weighted by atomic mass is 32.2. The number of sulfone groups is 1. The van der Waals surface area contributed by atoms with Gasteiger partial charge < -0.3 is 4.90 Å². The van der Waals surface area contributed by atoms with E-state index in [9.17, 15) is 13.2 Å². The number of amides is 1. The number of aromatic nitrogens is 2. The lowest BCUT2D eigenvalue weighted by atomic mass is 10.0. The van der Waals surface area contributed by atoms with E-state index in [-0.39, 0.29) is 28.7 Å². The van der Waals surface area contributed by atoms with Crippen LogP contribution in [0.1, 0.15) is 45.6 Å². The van der Waals surface area contributed by atoms with Crippen molar-refractivity contribution in [3.8, 4) is 5.69 Å². The Kier molecular flexibility index (Phi) is 6.73. The molecule has 1 aromatic heterocycles. The van der Waals surface area contributed by atoms with Crippen LogP contribution in [0, 0.1) is 0 Å². The first-order valence-electron chi connectivity index (χ1n) is 10.0. The lowest BCUT2D eigenvalue weighted by Crippen LogP contribution is -2.44. The van der Waals surface area contributed by atoms with Crippen LogP contribution in [0.4, 0.5) is 0 Å². The molecule has 158 valence electrons. The van der Waals surface area contributed by atoms with Gasteiger partial charge in [0.05, 0.1) is 22.4 Å². The van der Waals surface area contributed by atoms with E-state index in [1.165, 1.54) is 17.3 Å². The first kappa shape index (κ1) is 21.9.